The van der Waals surface area contributed by atoms with Crippen LogP contribution in [0.1, 0.15) is 32.6 Å². The Morgan fingerprint density at radius 1 is 1.38 bits per heavy atom. The lowest BCUT2D eigenvalue weighted by atomic mass is 9.53. The van der Waals surface area contributed by atoms with Crippen LogP contribution in [0.4, 0.5) is 0 Å². The first kappa shape index (κ1) is 10.5. The summed E-state index contributed by atoms with van der Waals surface area (Å²) >= 11 is 0. The maximum atomic E-state index is 9.32. The first-order chi connectivity index (χ1) is 6.21. The minimum absolute atomic E-state index is 0.426. The monoisotopic (exact) mass is 180 g/mol. The summed E-state index contributed by atoms with van der Waals surface area (Å²) in [5.41, 5.74) is 0. The van der Waals surface area contributed by atoms with Crippen LogP contribution in [0.25, 0.3) is 0 Å². The smallest absolute Gasteiger partial charge is 0.426 e. The van der Waals surface area contributed by atoms with Gasteiger partial charge in [0.2, 0.25) is 0 Å². The first-order valence-corrected chi connectivity index (χ1v) is 4.92. The molecule has 0 aromatic rings. The number of allylic oxidation sites excluding steroid dienone is 4. The highest BCUT2D eigenvalue weighted by molar-refractivity contribution is 6.46. The van der Waals surface area contributed by atoms with Gasteiger partial charge in [0.25, 0.3) is 0 Å². The van der Waals surface area contributed by atoms with E-state index in [9.17, 15) is 10.0 Å². The molecule has 0 aliphatic heterocycles. The molecule has 0 fully saturated rings. The zero-order valence-corrected chi connectivity index (χ0v) is 8.11. The molecule has 1 aliphatic carbocycles. The summed E-state index contributed by atoms with van der Waals surface area (Å²) < 4.78 is 0. The molecule has 1 rings (SSSR count). The van der Waals surface area contributed by atoms with Crippen molar-refractivity contribution in [2.45, 2.75) is 37.9 Å². The van der Waals surface area contributed by atoms with Crippen molar-refractivity contribution in [2.75, 3.05) is 0 Å². The normalized spacial score (nSPS) is 26.4. The van der Waals surface area contributed by atoms with Crippen LogP contribution < -0.4 is 0 Å². The molecule has 1 unspecified atom stereocenters. The van der Waals surface area contributed by atoms with Gasteiger partial charge in [0.05, 0.1) is 0 Å². The summed E-state index contributed by atoms with van der Waals surface area (Å²) in [5.74, 6) is 0. The molecular formula is C10H17BO2. The number of hydrogen-bond donors (Lipinski definition) is 2. The Morgan fingerprint density at radius 2 is 2.15 bits per heavy atom. The predicted octanol–water partition coefficient (Wildman–Crippen LogP) is 1.91. The summed E-state index contributed by atoms with van der Waals surface area (Å²) in [4.78, 5) is 0. The van der Waals surface area contributed by atoms with E-state index in [0.29, 0.717) is 0 Å². The maximum absolute atomic E-state index is 9.32. The van der Waals surface area contributed by atoms with E-state index < -0.39 is 12.4 Å². The average Bonchev–Trinajstić information content (AvgIpc) is 2.16. The van der Waals surface area contributed by atoms with Gasteiger partial charge in [0.15, 0.2) is 0 Å². The van der Waals surface area contributed by atoms with Gasteiger partial charge in [-0.3, -0.25) is 0 Å². The van der Waals surface area contributed by atoms with Crippen molar-refractivity contribution in [3.05, 3.63) is 24.3 Å². The van der Waals surface area contributed by atoms with Crippen molar-refractivity contribution < 1.29 is 10.0 Å². The quantitative estimate of drug-likeness (QED) is 0.648. The van der Waals surface area contributed by atoms with E-state index in [2.05, 4.69) is 6.92 Å². The largest absolute Gasteiger partial charge is 0.462 e. The number of rotatable bonds is 4. The summed E-state index contributed by atoms with van der Waals surface area (Å²) in [6.45, 7) is 2.11. The Labute approximate surface area is 80.1 Å². The fourth-order valence-corrected chi connectivity index (χ4v) is 1.69. The van der Waals surface area contributed by atoms with Gasteiger partial charge in [-0.1, -0.05) is 44.1 Å². The number of unbranched alkanes of at least 4 members (excludes halogenated alkanes) is 1. The van der Waals surface area contributed by atoms with Crippen LogP contribution >= 0.6 is 0 Å². The second-order valence-electron chi connectivity index (χ2n) is 3.70. The van der Waals surface area contributed by atoms with Gasteiger partial charge in [-0.25, -0.2) is 0 Å². The molecule has 1 aliphatic rings. The number of hydrogen-bond acceptors (Lipinski definition) is 2. The minimum atomic E-state index is -1.24. The molecule has 1 atom stereocenters. The standard InChI is InChI=1S/C10H17BO2/c1-2-3-7-10(11(12)13)8-5-4-6-9-10/h4-6,8,12-13H,2-3,7,9H2,1H3. The van der Waals surface area contributed by atoms with Crippen LogP contribution in [0, 0.1) is 0 Å². The van der Waals surface area contributed by atoms with Crippen LogP contribution in [0.3, 0.4) is 0 Å². The van der Waals surface area contributed by atoms with Gasteiger partial charge in [0, 0.05) is 5.31 Å². The zero-order chi connectivity index (χ0) is 9.73. The molecule has 0 aromatic carbocycles. The highest BCUT2D eigenvalue weighted by Crippen LogP contribution is 2.42. The molecule has 13 heavy (non-hydrogen) atoms. The Kier molecular flexibility index (Phi) is 3.76. The summed E-state index contributed by atoms with van der Waals surface area (Å²) in [6, 6.07) is 0. The first-order valence-electron chi connectivity index (χ1n) is 4.92. The van der Waals surface area contributed by atoms with E-state index in [1.165, 1.54) is 0 Å². The Morgan fingerprint density at radius 3 is 2.62 bits per heavy atom. The summed E-state index contributed by atoms with van der Waals surface area (Å²) in [6.07, 6.45) is 11.5. The van der Waals surface area contributed by atoms with Gasteiger partial charge in [0.1, 0.15) is 0 Å². The van der Waals surface area contributed by atoms with Crippen molar-refractivity contribution in [2.24, 2.45) is 0 Å². The lowest BCUT2D eigenvalue weighted by molar-refractivity contribution is 0.345. The highest BCUT2D eigenvalue weighted by Gasteiger charge is 2.38. The fourth-order valence-electron chi connectivity index (χ4n) is 1.69. The van der Waals surface area contributed by atoms with Crippen molar-refractivity contribution in [1.82, 2.24) is 0 Å². The second-order valence-corrected chi connectivity index (χ2v) is 3.70. The predicted molar refractivity (Wildman–Crippen MR) is 55.3 cm³/mol. The van der Waals surface area contributed by atoms with Crippen LogP contribution in [0.5, 0.6) is 0 Å². The molecule has 0 saturated heterocycles. The lowest BCUT2D eigenvalue weighted by Gasteiger charge is -2.30. The molecule has 2 N–H and O–H groups in total. The molecule has 72 valence electrons. The van der Waals surface area contributed by atoms with Crippen molar-refractivity contribution in [1.29, 1.82) is 0 Å². The van der Waals surface area contributed by atoms with E-state index >= 15 is 0 Å². The van der Waals surface area contributed by atoms with Gasteiger partial charge < -0.3 is 10.0 Å². The van der Waals surface area contributed by atoms with E-state index in [1.807, 2.05) is 24.3 Å². The highest BCUT2D eigenvalue weighted by atomic mass is 16.4. The third kappa shape index (κ3) is 2.45. The molecule has 0 radical (unpaired) electrons. The molecule has 0 amide bonds. The Hall–Kier alpha value is -0.535. The van der Waals surface area contributed by atoms with Crippen LogP contribution in [0.15, 0.2) is 24.3 Å². The molecule has 0 bridgehead atoms. The van der Waals surface area contributed by atoms with Gasteiger partial charge in [-0.05, 0) is 12.8 Å². The van der Waals surface area contributed by atoms with Crippen molar-refractivity contribution >= 4 is 7.12 Å². The fraction of sp³-hybridized carbons (Fsp3) is 0.600. The average molecular weight is 180 g/mol. The van der Waals surface area contributed by atoms with Crippen LogP contribution in [-0.4, -0.2) is 17.2 Å². The Bertz CT molecular complexity index is 211. The Balaban J connectivity index is 2.64. The minimum Gasteiger partial charge on any atom is -0.426 e. The van der Waals surface area contributed by atoms with Gasteiger partial charge >= 0.3 is 7.12 Å². The van der Waals surface area contributed by atoms with Gasteiger partial charge in [-0.15, -0.1) is 0 Å². The molecule has 0 saturated carbocycles. The van der Waals surface area contributed by atoms with E-state index in [1.54, 1.807) is 0 Å². The zero-order valence-electron chi connectivity index (χ0n) is 8.11. The van der Waals surface area contributed by atoms with Crippen molar-refractivity contribution in [3.63, 3.8) is 0 Å². The molecule has 0 aromatic heterocycles. The van der Waals surface area contributed by atoms with E-state index in [4.69, 9.17) is 0 Å². The van der Waals surface area contributed by atoms with Crippen molar-refractivity contribution in [3.8, 4) is 0 Å². The third-order valence-corrected chi connectivity index (χ3v) is 2.68. The molecular weight excluding hydrogens is 163 g/mol. The summed E-state index contributed by atoms with van der Waals surface area (Å²) in [7, 11) is -1.24. The van der Waals surface area contributed by atoms with E-state index in [-0.39, 0.29) is 0 Å². The van der Waals surface area contributed by atoms with Gasteiger partial charge in [-0.2, -0.15) is 0 Å². The van der Waals surface area contributed by atoms with Crippen LogP contribution in [0.2, 0.25) is 5.31 Å². The third-order valence-electron chi connectivity index (χ3n) is 2.68. The van der Waals surface area contributed by atoms with E-state index in [0.717, 1.165) is 25.7 Å². The molecule has 3 heteroatoms. The maximum Gasteiger partial charge on any atom is 0.462 e. The topological polar surface area (TPSA) is 40.5 Å². The lowest BCUT2D eigenvalue weighted by Crippen LogP contribution is -2.32. The van der Waals surface area contributed by atoms with Crippen LogP contribution in [-0.2, 0) is 0 Å². The molecule has 0 spiro atoms. The molecule has 0 heterocycles. The SMILES string of the molecule is CCCCC1(B(O)O)C=CC=CC1. The molecule has 2 nitrogen and oxygen atoms in total. The second kappa shape index (κ2) is 4.63. The summed E-state index contributed by atoms with van der Waals surface area (Å²) in [5, 5.41) is 18.2.